The molecule has 0 aliphatic heterocycles. The molecule has 0 radical (unpaired) electrons. The number of carbonyl (C=O) groups is 2. The van der Waals surface area contributed by atoms with Gasteiger partial charge in [-0.05, 0) is 37.7 Å². The zero-order chi connectivity index (χ0) is 18.1. The molecule has 0 fully saturated rings. The highest BCUT2D eigenvalue weighted by molar-refractivity contribution is 7.17. The van der Waals surface area contributed by atoms with Crippen LogP contribution in [-0.4, -0.2) is 30.8 Å². The fourth-order valence-electron chi connectivity index (χ4n) is 2.54. The van der Waals surface area contributed by atoms with E-state index in [2.05, 4.69) is 0 Å². The quantitative estimate of drug-likeness (QED) is 0.635. The molecule has 0 unspecified atom stereocenters. The van der Waals surface area contributed by atoms with Gasteiger partial charge in [0, 0.05) is 4.88 Å². The van der Waals surface area contributed by atoms with Gasteiger partial charge in [0.05, 0.1) is 12.2 Å². The monoisotopic (exact) mass is 367 g/mol. The number of hydrogen-bond donors (Lipinski definition) is 1. The van der Waals surface area contributed by atoms with Gasteiger partial charge in [0.1, 0.15) is 5.00 Å². The van der Waals surface area contributed by atoms with E-state index in [0.717, 1.165) is 22.6 Å². The number of amides is 1. The molecule has 24 heavy (non-hydrogen) atoms. The Hall–Kier alpha value is -1.64. The van der Waals surface area contributed by atoms with Crippen LogP contribution in [0.15, 0.2) is 0 Å². The molecular weight excluding hydrogens is 350 g/mol. The van der Waals surface area contributed by atoms with E-state index in [9.17, 15) is 27.2 Å². The molecule has 9 heteroatoms. The number of nitrogens with one attached hydrogen (secondary N) is 1. The van der Waals surface area contributed by atoms with Gasteiger partial charge in [0.15, 0.2) is 0 Å². The van der Waals surface area contributed by atoms with E-state index >= 15 is 0 Å². The maximum Gasteiger partial charge on any atom is 0.383 e. The number of rotatable bonds is 5. The minimum atomic E-state index is -4.83. The third-order valence-corrected chi connectivity index (χ3v) is 4.96. The van der Waals surface area contributed by atoms with Gasteiger partial charge in [-0.15, -0.1) is 11.3 Å². The van der Waals surface area contributed by atoms with E-state index in [4.69, 9.17) is 4.74 Å². The number of ether oxygens (including phenoxy) is 1. The highest BCUT2D eigenvalue weighted by Gasteiger charge is 2.49. The van der Waals surface area contributed by atoms with Gasteiger partial charge < -0.3 is 10.1 Å². The molecular formula is C15H17F4NO3S. The van der Waals surface area contributed by atoms with Crippen LogP contribution in [0.4, 0.5) is 22.6 Å². The van der Waals surface area contributed by atoms with E-state index < -0.39 is 24.2 Å². The first-order valence-corrected chi connectivity index (χ1v) is 8.29. The van der Waals surface area contributed by atoms with Crippen molar-refractivity contribution in [3.05, 3.63) is 16.0 Å². The van der Waals surface area contributed by atoms with E-state index in [1.807, 2.05) is 6.92 Å². The van der Waals surface area contributed by atoms with Crippen molar-refractivity contribution in [3.8, 4) is 0 Å². The van der Waals surface area contributed by atoms with Crippen LogP contribution in [0.3, 0.4) is 0 Å². The molecule has 1 aliphatic carbocycles. The largest absolute Gasteiger partial charge is 0.462 e. The second-order valence-electron chi connectivity index (χ2n) is 5.65. The SMILES string of the molecule is CCOC(=O)c1c(NC(=O)C(F)(F)C(F)F)sc2c1CC[C@H](C)C2. The maximum absolute atomic E-state index is 13.2. The van der Waals surface area contributed by atoms with E-state index in [1.165, 1.54) is 0 Å². The molecule has 0 spiro atoms. The van der Waals surface area contributed by atoms with Crippen LogP contribution in [0.1, 0.15) is 41.1 Å². The molecule has 0 saturated heterocycles. The van der Waals surface area contributed by atoms with Gasteiger partial charge in [-0.25, -0.2) is 13.6 Å². The zero-order valence-corrected chi connectivity index (χ0v) is 13.9. The van der Waals surface area contributed by atoms with Gasteiger partial charge in [-0.1, -0.05) is 6.92 Å². The fraction of sp³-hybridized carbons (Fsp3) is 0.600. The molecule has 1 N–H and O–H groups in total. The number of carbonyl (C=O) groups excluding carboxylic acids is 2. The summed E-state index contributed by atoms with van der Waals surface area (Å²) in [5.74, 6) is -7.36. The molecule has 1 atom stereocenters. The highest BCUT2D eigenvalue weighted by Crippen LogP contribution is 2.40. The second kappa shape index (κ2) is 7.08. The molecule has 1 aliphatic rings. The zero-order valence-electron chi connectivity index (χ0n) is 13.1. The Morgan fingerprint density at radius 2 is 2.08 bits per heavy atom. The first kappa shape index (κ1) is 18.7. The molecule has 2 rings (SSSR count). The Bertz CT molecular complexity index is 645. The Morgan fingerprint density at radius 3 is 2.67 bits per heavy atom. The summed E-state index contributed by atoms with van der Waals surface area (Å²) in [6.45, 7) is 3.67. The van der Waals surface area contributed by atoms with E-state index in [-0.39, 0.29) is 17.2 Å². The lowest BCUT2D eigenvalue weighted by Gasteiger charge is -2.18. The van der Waals surface area contributed by atoms with Gasteiger partial charge in [-0.2, -0.15) is 8.78 Å². The number of thiophene rings is 1. The smallest absolute Gasteiger partial charge is 0.383 e. The minimum absolute atomic E-state index is 0.00201. The summed E-state index contributed by atoms with van der Waals surface area (Å²) >= 11 is 0.965. The van der Waals surface area contributed by atoms with Crippen LogP contribution in [0.5, 0.6) is 0 Å². The van der Waals surface area contributed by atoms with Gasteiger partial charge in [-0.3, -0.25) is 4.79 Å². The molecule has 4 nitrogen and oxygen atoms in total. The third kappa shape index (κ3) is 3.55. The van der Waals surface area contributed by atoms with Gasteiger partial charge >= 0.3 is 24.2 Å². The summed E-state index contributed by atoms with van der Waals surface area (Å²) in [5, 5.41) is 1.64. The van der Waals surface area contributed by atoms with E-state index in [0.29, 0.717) is 24.3 Å². The van der Waals surface area contributed by atoms with Crippen LogP contribution in [0.25, 0.3) is 0 Å². The van der Waals surface area contributed by atoms with E-state index in [1.54, 1.807) is 12.2 Å². The predicted octanol–water partition coefficient (Wildman–Crippen LogP) is 3.89. The molecule has 1 heterocycles. The number of hydrogen-bond acceptors (Lipinski definition) is 4. The Balaban J connectivity index is 2.38. The van der Waals surface area contributed by atoms with Gasteiger partial charge in [0.25, 0.3) is 0 Å². The molecule has 0 bridgehead atoms. The molecule has 0 saturated carbocycles. The number of esters is 1. The van der Waals surface area contributed by atoms with Crippen molar-refractivity contribution in [2.24, 2.45) is 5.92 Å². The number of alkyl halides is 4. The predicted molar refractivity (Wildman–Crippen MR) is 81.0 cm³/mol. The van der Waals surface area contributed by atoms with Crippen molar-refractivity contribution in [1.29, 1.82) is 0 Å². The second-order valence-corrected chi connectivity index (χ2v) is 6.76. The van der Waals surface area contributed by atoms with Gasteiger partial charge in [0.2, 0.25) is 0 Å². The van der Waals surface area contributed by atoms with Crippen LogP contribution in [0.2, 0.25) is 0 Å². The summed E-state index contributed by atoms with van der Waals surface area (Å²) in [5.41, 5.74) is 0.648. The Morgan fingerprint density at radius 1 is 1.42 bits per heavy atom. The highest BCUT2D eigenvalue weighted by atomic mass is 32.1. The Labute approximate surface area is 140 Å². The first-order chi connectivity index (χ1) is 11.2. The lowest BCUT2D eigenvalue weighted by molar-refractivity contribution is -0.163. The maximum atomic E-state index is 13.2. The van der Waals surface area contributed by atoms with Crippen LogP contribution < -0.4 is 5.32 Å². The van der Waals surface area contributed by atoms with Crippen LogP contribution >= 0.6 is 11.3 Å². The van der Waals surface area contributed by atoms with Crippen molar-refractivity contribution in [3.63, 3.8) is 0 Å². The normalized spacial score (nSPS) is 17.5. The lowest BCUT2D eigenvalue weighted by atomic mass is 9.88. The third-order valence-electron chi connectivity index (χ3n) is 3.80. The average Bonchev–Trinajstić information content (AvgIpc) is 2.83. The Kier molecular flexibility index (Phi) is 5.52. The lowest BCUT2D eigenvalue weighted by Crippen LogP contribution is -2.41. The molecule has 1 aromatic rings. The van der Waals surface area contributed by atoms with Crippen molar-refractivity contribution in [1.82, 2.24) is 0 Å². The molecule has 0 aromatic carbocycles. The summed E-state index contributed by atoms with van der Waals surface area (Å²) < 4.78 is 55.9. The topological polar surface area (TPSA) is 55.4 Å². The molecule has 134 valence electrons. The van der Waals surface area contributed by atoms with Crippen LogP contribution in [-0.2, 0) is 22.4 Å². The summed E-state index contributed by atoms with van der Waals surface area (Å²) in [4.78, 5) is 24.4. The minimum Gasteiger partial charge on any atom is -0.462 e. The summed E-state index contributed by atoms with van der Waals surface area (Å²) in [6, 6.07) is 0. The average molecular weight is 367 g/mol. The van der Waals surface area contributed by atoms with Crippen molar-refractivity contribution >= 4 is 28.2 Å². The number of halogens is 4. The van der Waals surface area contributed by atoms with Crippen LogP contribution in [0, 0.1) is 5.92 Å². The molecule has 1 aromatic heterocycles. The van der Waals surface area contributed by atoms with Crippen molar-refractivity contribution in [2.45, 2.75) is 45.5 Å². The fourth-order valence-corrected chi connectivity index (χ4v) is 3.94. The summed E-state index contributed by atoms with van der Waals surface area (Å²) in [6.07, 6.45) is -2.15. The van der Waals surface area contributed by atoms with Crippen molar-refractivity contribution < 1.29 is 31.9 Å². The van der Waals surface area contributed by atoms with Crippen molar-refractivity contribution in [2.75, 3.05) is 11.9 Å². The standard InChI is InChI=1S/C15H17F4NO3S/c1-3-23-12(21)10-8-5-4-7(2)6-9(8)24-11(10)20-14(22)15(18,19)13(16)17/h7,13H,3-6H2,1-2H3,(H,20,22)/t7-/m0/s1. The number of fused-ring (bicyclic) bond motifs is 1. The molecule has 1 amide bonds. The number of anilines is 1. The summed E-state index contributed by atoms with van der Waals surface area (Å²) in [7, 11) is 0. The first-order valence-electron chi connectivity index (χ1n) is 7.47.